The van der Waals surface area contributed by atoms with Gasteiger partial charge in [-0.2, -0.15) is 0 Å². The Bertz CT molecular complexity index is 1270. The number of para-hydroxylation sites is 2. The fourth-order valence-corrected chi connectivity index (χ4v) is 11.0. The van der Waals surface area contributed by atoms with Gasteiger partial charge in [0.1, 0.15) is 0 Å². The topological polar surface area (TPSA) is 18.5 Å². The molecule has 5 rings (SSSR count). The van der Waals surface area contributed by atoms with E-state index in [1.807, 2.05) is 36.4 Å². The van der Waals surface area contributed by atoms with Gasteiger partial charge in [0.2, 0.25) is 0 Å². The molecule has 0 heterocycles. The van der Waals surface area contributed by atoms with Crippen molar-refractivity contribution in [3.8, 4) is 11.5 Å². The van der Waals surface area contributed by atoms with Gasteiger partial charge in [-0.05, 0) is 0 Å². The second-order valence-corrected chi connectivity index (χ2v) is 12.7. The summed E-state index contributed by atoms with van der Waals surface area (Å²) >= 11 is 0. The van der Waals surface area contributed by atoms with Crippen LogP contribution in [0, 0.1) is 0 Å². The van der Waals surface area contributed by atoms with Gasteiger partial charge in [0.05, 0.1) is 0 Å². The minimum atomic E-state index is -3.71. The van der Waals surface area contributed by atoms with E-state index in [4.69, 9.17) is 9.26 Å². The van der Waals surface area contributed by atoms with E-state index in [1.54, 1.807) is 0 Å². The van der Waals surface area contributed by atoms with Crippen LogP contribution in [0.5, 0.6) is 11.5 Å². The number of rotatable bonds is 8. The Hall–Kier alpha value is -3.71. The van der Waals surface area contributed by atoms with Crippen molar-refractivity contribution in [2.45, 2.75) is 6.92 Å². The van der Waals surface area contributed by atoms with Crippen LogP contribution in [-0.4, -0.2) is 6.61 Å². The Balaban J connectivity index is 1.97. The van der Waals surface area contributed by atoms with E-state index in [0.29, 0.717) is 6.61 Å². The van der Waals surface area contributed by atoms with Crippen molar-refractivity contribution in [2.24, 2.45) is 0 Å². The van der Waals surface area contributed by atoms with Gasteiger partial charge in [-0.3, -0.25) is 0 Å². The molecular formula is C32H29O2P. The predicted octanol–water partition coefficient (Wildman–Crippen LogP) is 6.59. The minimum absolute atomic E-state index is 0.538. The maximum atomic E-state index is 7.29. The van der Waals surface area contributed by atoms with Crippen LogP contribution in [0.1, 0.15) is 6.92 Å². The van der Waals surface area contributed by atoms with Crippen LogP contribution in [0.4, 0.5) is 0 Å². The molecule has 2 nitrogen and oxygen atoms in total. The number of hydrogen-bond acceptors (Lipinski definition) is 2. The molecule has 174 valence electrons. The van der Waals surface area contributed by atoms with Gasteiger partial charge in [0.15, 0.2) is 0 Å². The molecule has 0 radical (unpaired) electrons. The summed E-state index contributed by atoms with van der Waals surface area (Å²) in [7, 11) is 0. The normalized spacial score (nSPS) is 12.4. The van der Waals surface area contributed by atoms with E-state index in [9.17, 15) is 0 Å². The van der Waals surface area contributed by atoms with E-state index in [0.717, 1.165) is 32.7 Å². The third-order valence-corrected chi connectivity index (χ3v) is 12.3. The second kappa shape index (κ2) is 9.88. The molecular weight excluding hydrogens is 447 g/mol. The molecule has 0 aliphatic rings. The zero-order chi connectivity index (χ0) is 24.0. The average Bonchev–Trinajstić information content (AvgIpc) is 2.94. The summed E-state index contributed by atoms with van der Waals surface area (Å²) < 4.78 is 13.9. The zero-order valence-electron chi connectivity index (χ0n) is 19.8. The first-order valence-corrected chi connectivity index (χ1v) is 14.1. The Morgan fingerprint density at radius 1 is 0.486 bits per heavy atom. The van der Waals surface area contributed by atoms with Gasteiger partial charge >= 0.3 is 208 Å². The van der Waals surface area contributed by atoms with Crippen LogP contribution >= 0.6 is 6.83 Å². The van der Waals surface area contributed by atoms with Crippen molar-refractivity contribution >= 4 is 28.0 Å². The predicted molar refractivity (Wildman–Crippen MR) is 149 cm³/mol. The van der Waals surface area contributed by atoms with Gasteiger partial charge < -0.3 is 0 Å². The fraction of sp³-hybridized carbons (Fsp3) is 0.0625. The molecule has 0 unspecified atom stereocenters. The molecule has 0 N–H and O–H groups in total. The molecule has 3 heteroatoms. The third kappa shape index (κ3) is 3.76. The van der Waals surface area contributed by atoms with Crippen molar-refractivity contribution in [3.05, 3.63) is 146 Å². The number of ether oxygens (including phenoxy) is 1. The molecule has 0 saturated heterocycles. The van der Waals surface area contributed by atoms with Crippen LogP contribution < -0.4 is 26.0 Å². The molecule has 0 spiro atoms. The van der Waals surface area contributed by atoms with E-state index in [-0.39, 0.29) is 0 Å². The van der Waals surface area contributed by atoms with Crippen LogP contribution in [0.25, 0.3) is 0 Å². The summed E-state index contributed by atoms with van der Waals surface area (Å²) in [5.74, 6) is 1.59. The van der Waals surface area contributed by atoms with E-state index >= 15 is 0 Å². The summed E-state index contributed by atoms with van der Waals surface area (Å²) in [6.07, 6.45) is 0. The maximum absolute atomic E-state index is 7.29. The standard InChI is InChI=1S/C32H29O2P/c1-2-33-35(28-19-9-4-10-20-28,29-21-11-5-12-22-29,30-23-13-6-14-24-30)32-26-16-15-25-31(32)34-27-17-7-3-8-18-27/h3-26H,2H2,1H3. The SMILES string of the molecule is CCOP(c1ccccc1)(c1ccccc1)(c1ccccc1)c1ccccc1Oc1ccccc1. The van der Waals surface area contributed by atoms with E-state index in [1.165, 1.54) is 0 Å². The molecule has 0 atom stereocenters. The second-order valence-electron chi connectivity index (χ2n) is 8.34. The third-order valence-electron chi connectivity index (χ3n) is 6.43. The van der Waals surface area contributed by atoms with Crippen LogP contribution in [0.15, 0.2) is 146 Å². The Labute approximate surface area is 207 Å². The van der Waals surface area contributed by atoms with Crippen molar-refractivity contribution in [3.63, 3.8) is 0 Å². The number of hydrogen-bond donors (Lipinski definition) is 0. The van der Waals surface area contributed by atoms with Gasteiger partial charge in [-0.15, -0.1) is 0 Å². The zero-order valence-corrected chi connectivity index (χ0v) is 20.7. The summed E-state index contributed by atoms with van der Waals surface area (Å²) in [4.78, 5) is 0. The average molecular weight is 477 g/mol. The summed E-state index contributed by atoms with van der Waals surface area (Å²) in [6, 6.07) is 50.3. The molecule has 5 aromatic carbocycles. The summed E-state index contributed by atoms with van der Waals surface area (Å²) in [6.45, 7) is -1.09. The van der Waals surface area contributed by atoms with Crippen LogP contribution in [-0.2, 0) is 4.52 Å². The molecule has 35 heavy (non-hydrogen) atoms. The van der Waals surface area contributed by atoms with Gasteiger partial charge in [-0.1, -0.05) is 0 Å². The Morgan fingerprint density at radius 3 is 1.34 bits per heavy atom. The Morgan fingerprint density at radius 2 is 0.886 bits per heavy atom. The number of benzene rings is 5. The first-order chi connectivity index (χ1) is 17.3. The molecule has 0 bridgehead atoms. The Kier molecular flexibility index (Phi) is 6.51. The van der Waals surface area contributed by atoms with Gasteiger partial charge in [0, 0.05) is 0 Å². The van der Waals surface area contributed by atoms with Gasteiger partial charge in [0.25, 0.3) is 0 Å². The molecule has 0 amide bonds. The quantitative estimate of drug-likeness (QED) is 0.235. The van der Waals surface area contributed by atoms with E-state index in [2.05, 4.69) is 116 Å². The van der Waals surface area contributed by atoms with E-state index < -0.39 is 6.83 Å². The van der Waals surface area contributed by atoms with Crippen molar-refractivity contribution < 1.29 is 9.26 Å². The monoisotopic (exact) mass is 476 g/mol. The molecule has 0 saturated carbocycles. The molecule has 0 aromatic heterocycles. The van der Waals surface area contributed by atoms with Crippen molar-refractivity contribution in [1.82, 2.24) is 0 Å². The molecule has 0 aliphatic heterocycles. The molecule has 0 fully saturated rings. The summed E-state index contributed by atoms with van der Waals surface area (Å²) in [5, 5.41) is 4.47. The molecule has 0 aliphatic carbocycles. The molecule has 5 aromatic rings. The first-order valence-electron chi connectivity index (χ1n) is 12.0. The van der Waals surface area contributed by atoms with Crippen LogP contribution in [0.2, 0.25) is 0 Å². The van der Waals surface area contributed by atoms with Crippen LogP contribution in [0.3, 0.4) is 0 Å². The van der Waals surface area contributed by atoms with Crippen molar-refractivity contribution in [2.75, 3.05) is 6.61 Å². The first kappa shape index (κ1) is 23.1. The fourth-order valence-electron chi connectivity index (χ4n) is 5.06. The van der Waals surface area contributed by atoms with Crippen molar-refractivity contribution in [1.29, 1.82) is 0 Å². The summed E-state index contributed by atoms with van der Waals surface area (Å²) in [5.41, 5.74) is 0. The van der Waals surface area contributed by atoms with Gasteiger partial charge in [-0.25, -0.2) is 0 Å².